The lowest BCUT2D eigenvalue weighted by Gasteiger charge is -2.33. The average molecular weight is 456 g/mol. The van der Waals surface area contributed by atoms with Crippen LogP contribution in [-0.2, 0) is 13.0 Å². The second-order valence-electron chi connectivity index (χ2n) is 8.37. The Bertz CT molecular complexity index is 1190. The molecule has 1 amide bonds. The maximum Gasteiger partial charge on any atom is 0.410 e. The molecule has 0 fully saturated rings. The Hall–Kier alpha value is -3.49. The molecule has 0 radical (unpaired) electrons. The van der Waals surface area contributed by atoms with E-state index in [-0.39, 0.29) is 23.8 Å². The minimum absolute atomic E-state index is 0.0115. The van der Waals surface area contributed by atoms with Crippen LogP contribution in [0, 0.1) is 0 Å². The molecule has 9 heteroatoms. The predicted molar refractivity (Wildman–Crippen MR) is 116 cm³/mol. The van der Waals surface area contributed by atoms with Gasteiger partial charge in [0.1, 0.15) is 11.6 Å². The van der Waals surface area contributed by atoms with Crippen molar-refractivity contribution in [1.82, 2.24) is 14.7 Å². The third kappa shape index (κ3) is 4.03. The lowest BCUT2D eigenvalue weighted by molar-refractivity contribution is -0.173. The maximum absolute atomic E-state index is 14.0. The summed E-state index contributed by atoms with van der Waals surface area (Å²) in [5.74, 6) is 0.377. The molecule has 1 aromatic heterocycles. The van der Waals surface area contributed by atoms with Crippen molar-refractivity contribution >= 4 is 11.7 Å². The monoisotopic (exact) mass is 456 g/mol. The van der Waals surface area contributed by atoms with Crippen molar-refractivity contribution in [3.8, 4) is 5.75 Å². The van der Waals surface area contributed by atoms with Gasteiger partial charge in [0.15, 0.2) is 11.7 Å². The Morgan fingerprint density at radius 3 is 2.67 bits per heavy atom. The van der Waals surface area contributed by atoms with Crippen molar-refractivity contribution in [3.63, 3.8) is 0 Å². The summed E-state index contributed by atoms with van der Waals surface area (Å²) >= 11 is 0. The number of halogens is 3. The molecule has 0 aliphatic carbocycles. The van der Waals surface area contributed by atoms with Crippen LogP contribution in [0.4, 0.5) is 19.0 Å². The molecule has 0 saturated heterocycles. The molecule has 2 atom stereocenters. The van der Waals surface area contributed by atoms with Crippen LogP contribution in [0.3, 0.4) is 0 Å². The molecule has 2 unspecified atom stereocenters. The number of carbonyl (C=O) groups is 1. The van der Waals surface area contributed by atoms with E-state index in [2.05, 4.69) is 10.4 Å². The van der Waals surface area contributed by atoms with Crippen LogP contribution >= 0.6 is 0 Å². The second kappa shape index (κ2) is 8.13. The van der Waals surface area contributed by atoms with E-state index in [1.165, 1.54) is 18.7 Å². The zero-order valence-electron chi connectivity index (χ0n) is 18.0. The first-order valence-corrected chi connectivity index (χ1v) is 10.8. The van der Waals surface area contributed by atoms with Crippen LogP contribution in [-0.4, -0.2) is 40.4 Å². The zero-order valence-corrected chi connectivity index (χ0v) is 18.0. The molecule has 172 valence electrons. The summed E-state index contributed by atoms with van der Waals surface area (Å²) in [6, 6.07) is 13.8. The first-order valence-electron chi connectivity index (χ1n) is 10.8. The number of rotatable bonds is 3. The smallest absolute Gasteiger partial charge is 0.410 e. The number of anilines is 1. The van der Waals surface area contributed by atoms with Crippen LogP contribution in [0.2, 0.25) is 0 Å². The highest BCUT2D eigenvalue weighted by molar-refractivity contribution is 5.93. The van der Waals surface area contributed by atoms with Crippen molar-refractivity contribution in [2.75, 3.05) is 19.0 Å². The number of benzene rings is 2. The number of fused-ring (bicyclic) bond motifs is 2. The summed E-state index contributed by atoms with van der Waals surface area (Å²) in [5.41, 5.74) is 2.92. The molecule has 2 aliphatic rings. The van der Waals surface area contributed by atoms with E-state index in [1.54, 1.807) is 29.2 Å². The maximum atomic E-state index is 14.0. The summed E-state index contributed by atoms with van der Waals surface area (Å²) in [5, 5.41) is 7.24. The molecule has 5 rings (SSSR count). The van der Waals surface area contributed by atoms with Gasteiger partial charge in [-0.05, 0) is 35.2 Å². The number of ether oxygens (including phenoxy) is 1. The van der Waals surface area contributed by atoms with Gasteiger partial charge in [-0.15, -0.1) is 0 Å². The van der Waals surface area contributed by atoms with Gasteiger partial charge in [0.2, 0.25) is 0 Å². The standard InChI is InChI=1S/C24H23F3N4O2/c1-33-18-8-4-7-16(11-18)19-12-21(24(25,26)27)31-22(28-19)13-20(29-31)23(32)30-10-9-15-5-2-3-6-17(15)14-30/h2-8,11,13,19,21,28H,9-10,12,14H2,1H3. The number of nitrogens with one attached hydrogen (secondary N) is 1. The molecule has 3 aromatic rings. The quantitative estimate of drug-likeness (QED) is 0.618. The van der Waals surface area contributed by atoms with Gasteiger partial charge in [-0.1, -0.05) is 36.4 Å². The van der Waals surface area contributed by atoms with Crippen molar-refractivity contribution in [2.45, 2.75) is 37.6 Å². The zero-order chi connectivity index (χ0) is 23.2. The SMILES string of the molecule is COc1cccc(C2CC(C(F)(F)F)n3nc(C(=O)N4CCc5ccccc5C4)cc3N2)c1. The summed E-state index contributed by atoms with van der Waals surface area (Å²) in [6.07, 6.45) is -4.04. The van der Waals surface area contributed by atoms with E-state index in [1.807, 2.05) is 24.3 Å². The minimum Gasteiger partial charge on any atom is -0.497 e. The highest BCUT2D eigenvalue weighted by Crippen LogP contribution is 2.44. The fourth-order valence-corrected chi connectivity index (χ4v) is 4.59. The van der Waals surface area contributed by atoms with Gasteiger partial charge >= 0.3 is 6.18 Å². The van der Waals surface area contributed by atoms with Gasteiger partial charge in [0, 0.05) is 25.6 Å². The number of hydrogen-bond donors (Lipinski definition) is 1. The Labute approximate surface area is 189 Å². The number of aromatic nitrogens is 2. The fourth-order valence-electron chi connectivity index (χ4n) is 4.59. The molecule has 3 heterocycles. The molecule has 0 saturated carbocycles. The first-order chi connectivity index (χ1) is 15.8. The van der Waals surface area contributed by atoms with Crippen LogP contribution in [0.25, 0.3) is 0 Å². The average Bonchev–Trinajstić information content (AvgIpc) is 3.26. The number of hydrogen-bond acceptors (Lipinski definition) is 4. The van der Waals surface area contributed by atoms with Crippen molar-refractivity contribution < 1.29 is 22.7 Å². The minimum atomic E-state index is -4.51. The molecule has 33 heavy (non-hydrogen) atoms. The van der Waals surface area contributed by atoms with Crippen LogP contribution < -0.4 is 10.1 Å². The molecule has 2 aliphatic heterocycles. The Kier molecular flexibility index (Phi) is 5.26. The molecule has 6 nitrogen and oxygen atoms in total. The predicted octanol–water partition coefficient (Wildman–Crippen LogP) is 4.75. The largest absolute Gasteiger partial charge is 0.497 e. The Morgan fingerprint density at radius 1 is 1.12 bits per heavy atom. The topological polar surface area (TPSA) is 59.4 Å². The highest BCUT2D eigenvalue weighted by Gasteiger charge is 2.47. The van der Waals surface area contributed by atoms with Gasteiger partial charge in [0.05, 0.1) is 13.2 Å². The van der Waals surface area contributed by atoms with Crippen LogP contribution in [0.15, 0.2) is 54.6 Å². The Morgan fingerprint density at radius 2 is 1.91 bits per heavy atom. The third-order valence-electron chi connectivity index (χ3n) is 6.32. The van der Waals surface area contributed by atoms with Crippen LogP contribution in [0.5, 0.6) is 5.75 Å². The van der Waals surface area contributed by atoms with Crippen molar-refractivity contribution in [3.05, 3.63) is 77.0 Å². The van der Waals surface area contributed by atoms with E-state index >= 15 is 0 Å². The number of alkyl halides is 3. The van der Waals surface area contributed by atoms with Gasteiger partial charge in [-0.25, -0.2) is 4.68 Å². The first kappa shape index (κ1) is 21.4. The number of nitrogens with zero attached hydrogens (tertiary/aromatic N) is 3. The lowest BCUT2D eigenvalue weighted by Crippen LogP contribution is -2.37. The third-order valence-corrected chi connectivity index (χ3v) is 6.32. The van der Waals surface area contributed by atoms with Gasteiger partial charge in [-0.2, -0.15) is 18.3 Å². The molecule has 2 aromatic carbocycles. The Balaban J connectivity index is 1.44. The van der Waals surface area contributed by atoms with Crippen LogP contribution in [0.1, 0.15) is 45.7 Å². The van der Waals surface area contributed by atoms with Crippen molar-refractivity contribution in [2.24, 2.45) is 0 Å². The fraction of sp³-hybridized carbons (Fsp3) is 0.333. The molecular weight excluding hydrogens is 433 g/mol. The van der Waals surface area contributed by atoms with Gasteiger partial charge in [0.25, 0.3) is 5.91 Å². The number of amides is 1. The normalized spacial score (nSPS) is 19.9. The van der Waals surface area contributed by atoms with E-state index in [0.717, 1.165) is 10.2 Å². The molecule has 0 bridgehead atoms. The highest BCUT2D eigenvalue weighted by atomic mass is 19.4. The second-order valence-corrected chi connectivity index (χ2v) is 8.37. The summed E-state index contributed by atoms with van der Waals surface area (Å²) in [4.78, 5) is 14.8. The van der Waals surface area contributed by atoms with Gasteiger partial charge < -0.3 is 15.0 Å². The van der Waals surface area contributed by atoms with E-state index < -0.39 is 18.3 Å². The summed E-state index contributed by atoms with van der Waals surface area (Å²) < 4.78 is 48.1. The molecule has 0 spiro atoms. The summed E-state index contributed by atoms with van der Waals surface area (Å²) in [7, 11) is 1.51. The molecular formula is C24H23F3N4O2. The van der Waals surface area contributed by atoms with E-state index in [4.69, 9.17) is 4.74 Å². The number of methoxy groups -OCH3 is 1. The van der Waals surface area contributed by atoms with E-state index in [9.17, 15) is 18.0 Å². The number of carbonyl (C=O) groups excluding carboxylic acids is 1. The van der Waals surface area contributed by atoms with Crippen molar-refractivity contribution in [1.29, 1.82) is 0 Å². The lowest BCUT2D eigenvalue weighted by atomic mass is 9.97. The summed E-state index contributed by atoms with van der Waals surface area (Å²) in [6.45, 7) is 0.917. The molecule has 1 N–H and O–H groups in total. The van der Waals surface area contributed by atoms with Gasteiger partial charge in [-0.3, -0.25) is 4.79 Å². The van der Waals surface area contributed by atoms with E-state index in [0.29, 0.717) is 30.8 Å².